The van der Waals surface area contributed by atoms with Crippen LogP contribution in [0, 0.1) is 0 Å². The maximum Gasteiger partial charge on any atom is 0.252 e. The number of hydrogen-bond acceptors (Lipinski definition) is 5. The van der Waals surface area contributed by atoms with Crippen molar-refractivity contribution < 1.29 is 9.59 Å². The van der Waals surface area contributed by atoms with E-state index >= 15 is 0 Å². The van der Waals surface area contributed by atoms with Gasteiger partial charge in [0, 0.05) is 47.1 Å². The summed E-state index contributed by atoms with van der Waals surface area (Å²) in [7, 11) is 1.91. The topological polar surface area (TPSA) is 84.2 Å². The van der Waals surface area contributed by atoms with Gasteiger partial charge in [-0.25, -0.2) is 0 Å². The SMILES string of the molecule is CNC1=C(SCN)CC(NC(=O)c2ccccc2C=O)CC1. The van der Waals surface area contributed by atoms with Gasteiger partial charge in [0.25, 0.3) is 5.91 Å². The maximum atomic E-state index is 12.4. The van der Waals surface area contributed by atoms with E-state index in [-0.39, 0.29) is 11.9 Å². The van der Waals surface area contributed by atoms with Gasteiger partial charge in [-0.3, -0.25) is 9.59 Å². The molecule has 2 rings (SSSR count). The van der Waals surface area contributed by atoms with Crippen LogP contribution in [0.25, 0.3) is 0 Å². The number of hydrogen-bond donors (Lipinski definition) is 3. The van der Waals surface area contributed by atoms with Gasteiger partial charge in [-0.1, -0.05) is 18.2 Å². The normalized spacial score (nSPS) is 18.0. The van der Waals surface area contributed by atoms with Crippen molar-refractivity contribution in [1.29, 1.82) is 0 Å². The largest absolute Gasteiger partial charge is 0.391 e. The number of aldehydes is 1. The summed E-state index contributed by atoms with van der Waals surface area (Å²) >= 11 is 1.61. The summed E-state index contributed by atoms with van der Waals surface area (Å²) in [5, 5.41) is 6.24. The van der Waals surface area contributed by atoms with Crippen molar-refractivity contribution in [3.63, 3.8) is 0 Å². The summed E-state index contributed by atoms with van der Waals surface area (Å²) in [6.45, 7) is 0. The van der Waals surface area contributed by atoms with E-state index in [1.54, 1.807) is 36.0 Å². The average molecular weight is 319 g/mol. The van der Waals surface area contributed by atoms with Crippen molar-refractivity contribution >= 4 is 24.0 Å². The average Bonchev–Trinajstić information content (AvgIpc) is 2.55. The molecule has 0 heterocycles. The lowest BCUT2D eigenvalue weighted by atomic mass is 9.98. The van der Waals surface area contributed by atoms with Crippen LogP contribution in [0.15, 0.2) is 34.9 Å². The minimum atomic E-state index is -0.197. The lowest BCUT2D eigenvalue weighted by molar-refractivity contribution is 0.0929. The predicted molar refractivity (Wildman–Crippen MR) is 89.7 cm³/mol. The first-order chi connectivity index (χ1) is 10.7. The van der Waals surface area contributed by atoms with Crippen molar-refractivity contribution in [1.82, 2.24) is 10.6 Å². The van der Waals surface area contributed by atoms with Crippen LogP contribution in [-0.4, -0.2) is 31.2 Å². The van der Waals surface area contributed by atoms with Crippen molar-refractivity contribution in [2.45, 2.75) is 25.3 Å². The van der Waals surface area contributed by atoms with Crippen LogP contribution >= 0.6 is 11.8 Å². The molecular weight excluding hydrogens is 298 g/mol. The van der Waals surface area contributed by atoms with E-state index in [9.17, 15) is 9.59 Å². The number of amides is 1. The second-order valence-corrected chi connectivity index (χ2v) is 6.20. The van der Waals surface area contributed by atoms with Gasteiger partial charge in [0.1, 0.15) is 0 Å². The molecule has 0 saturated carbocycles. The zero-order valence-corrected chi connectivity index (χ0v) is 13.4. The molecule has 0 aromatic heterocycles. The lowest BCUT2D eigenvalue weighted by Crippen LogP contribution is -2.38. The zero-order valence-electron chi connectivity index (χ0n) is 12.6. The number of benzene rings is 1. The molecule has 1 aromatic carbocycles. The summed E-state index contributed by atoms with van der Waals surface area (Å²) in [5.41, 5.74) is 7.67. The molecule has 0 radical (unpaired) electrons. The standard InChI is InChI=1S/C16H21N3O2S/c1-18-14-7-6-12(8-15(14)22-10-17)19-16(21)13-5-3-2-4-11(13)9-20/h2-5,9,12,18H,6-8,10,17H2,1H3,(H,19,21). The molecule has 1 unspecified atom stereocenters. The number of allylic oxidation sites excluding steroid dienone is 1. The summed E-state index contributed by atoms with van der Waals surface area (Å²) in [4.78, 5) is 24.6. The quantitative estimate of drug-likeness (QED) is 0.550. The van der Waals surface area contributed by atoms with Crippen molar-refractivity contribution in [3.05, 3.63) is 46.0 Å². The molecule has 4 N–H and O–H groups in total. The highest BCUT2D eigenvalue weighted by molar-refractivity contribution is 8.03. The molecule has 6 heteroatoms. The first-order valence-corrected chi connectivity index (χ1v) is 8.25. The molecule has 1 aliphatic carbocycles. The second kappa shape index (κ2) is 8.00. The van der Waals surface area contributed by atoms with Crippen LogP contribution in [0.3, 0.4) is 0 Å². The van der Waals surface area contributed by atoms with Crippen molar-refractivity contribution in [2.24, 2.45) is 5.73 Å². The van der Waals surface area contributed by atoms with E-state index in [0.717, 1.165) is 19.3 Å². The molecule has 118 valence electrons. The Hall–Kier alpha value is -1.79. The Labute approximate surface area is 134 Å². The van der Waals surface area contributed by atoms with Gasteiger partial charge in [-0.05, 0) is 18.9 Å². The lowest BCUT2D eigenvalue weighted by Gasteiger charge is -2.27. The van der Waals surface area contributed by atoms with Crippen molar-refractivity contribution in [3.8, 4) is 0 Å². The summed E-state index contributed by atoms with van der Waals surface area (Å²) in [6.07, 6.45) is 3.25. The molecule has 1 aliphatic rings. The van der Waals surface area contributed by atoms with Crippen LogP contribution in [0.2, 0.25) is 0 Å². The molecule has 0 fully saturated rings. The fourth-order valence-corrected chi connectivity index (χ4v) is 3.51. The zero-order chi connectivity index (χ0) is 15.9. The molecule has 5 nitrogen and oxygen atoms in total. The molecular formula is C16H21N3O2S. The molecule has 1 aromatic rings. The van der Waals surface area contributed by atoms with Gasteiger partial charge in [0.2, 0.25) is 0 Å². The third-order valence-corrected chi connectivity index (χ3v) is 4.67. The molecule has 1 amide bonds. The van der Waals surface area contributed by atoms with Crippen LogP contribution in [0.5, 0.6) is 0 Å². The maximum absolute atomic E-state index is 12.4. The Morgan fingerprint density at radius 3 is 2.91 bits per heavy atom. The third-order valence-electron chi connectivity index (χ3n) is 3.74. The van der Waals surface area contributed by atoms with E-state index in [1.165, 1.54) is 10.6 Å². The number of thioether (sulfide) groups is 1. The molecule has 0 saturated heterocycles. The minimum absolute atomic E-state index is 0.0679. The number of rotatable bonds is 6. The molecule has 22 heavy (non-hydrogen) atoms. The first-order valence-electron chi connectivity index (χ1n) is 7.27. The van der Waals surface area contributed by atoms with Crippen LogP contribution < -0.4 is 16.4 Å². The highest BCUT2D eigenvalue weighted by Gasteiger charge is 2.23. The number of carbonyl (C=O) groups is 2. The van der Waals surface area contributed by atoms with E-state index in [2.05, 4.69) is 10.6 Å². The fourth-order valence-electron chi connectivity index (χ4n) is 2.61. The second-order valence-electron chi connectivity index (χ2n) is 5.08. The van der Waals surface area contributed by atoms with Gasteiger partial charge < -0.3 is 16.4 Å². The van der Waals surface area contributed by atoms with Crippen LogP contribution in [0.1, 0.15) is 40.0 Å². The van der Waals surface area contributed by atoms with Crippen LogP contribution in [-0.2, 0) is 0 Å². The highest BCUT2D eigenvalue weighted by atomic mass is 32.2. The van der Waals surface area contributed by atoms with Gasteiger partial charge >= 0.3 is 0 Å². The Kier molecular flexibility index (Phi) is 6.03. The summed E-state index contributed by atoms with van der Waals surface area (Å²) in [5.74, 6) is 0.326. The van der Waals surface area contributed by atoms with Crippen molar-refractivity contribution in [2.75, 3.05) is 12.9 Å². The van der Waals surface area contributed by atoms with E-state index in [4.69, 9.17) is 5.73 Å². The monoisotopic (exact) mass is 319 g/mol. The van der Waals surface area contributed by atoms with Gasteiger partial charge in [-0.15, -0.1) is 11.8 Å². The number of nitrogens with two attached hydrogens (primary N) is 1. The smallest absolute Gasteiger partial charge is 0.252 e. The van der Waals surface area contributed by atoms with Crippen LogP contribution in [0.4, 0.5) is 0 Å². The van der Waals surface area contributed by atoms with E-state index < -0.39 is 0 Å². The Morgan fingerprint density at radius 2 is 2.23 bits per heavy atom. The number of carbonyl (C=O) groups excluding carboxylic acids is 2. The van der Waals surface area contributed by atoms with Gasteiger partial charge in [-0.2, -0.15) is 0 Å². The van der Waals surface area contributed by atoms with Gasteiger partial charge in [0.05, 0.1) is 0 Å². The van der Waals surface area contributed by atoms with E-state index in [1.807, 2.05) is 7.05 Å². The minimum Gasteiger partial charge on any atom is -0.391 e. The Bertz CT molecular complexity index is 587. The fraction of sp³-hybridized carbons (Fsp3) is 0.375. The molecule has 1 atom stereocenters. The van der Waals surface area contributed by atoms with E-state index in [0.29, 0.717) is 23.3 Å². The Balaban J connectivity index is 2.07. The molecule has 0 aliphatic heterocycles. The predicted octanol–water partition coefficient (Wildman–Crippen LogP) is 1.86. The van der Waals surface area contributed by atoms with Gasteiger partial charge in [0.15, 0.2) is 6.29 Å². The summed E-state index contributed by atoms with van der Waals surface area (Å²) < 4.78 is 0. The highest BCUT2D eigenvalue weighted by Crippen LogP contribution is 2.31. The summed E-state index contributed by atoms with van der Waals surface area (Å²) in [6, 6.07) is 6.90. The number of nitrogens with one attached hydrogen (secondary N) is 2. The third kappa shape index (κ3) is 3.90. The molecule has 0 bridgehead atoms. The molecule has 0 spiro atoms. The Morgan fingerprint density at radius 1 is 1.45 bits per heavy atom. The first kappa shape index (κ1) is 16.6.